The lowest BCUT2D eigenvalue weighted by atomic mass is 10.2. The summed E-state index contributed by atoms with van der Waals surface area (Å²) in [5, 5.41) is 6.36. The predicted octanol–water partition coefficient (Wildman–Crippen LogP) is 3.07. The molecule has 0 saturated heterocycles. The average molecular weight is 420 g/mol. The third-order valence-corrected chi connectivity index (χ3v) is 3.77. The van der Waals surface area contributed by atoms with Gasteiger partial charge in [-0.15, -0.1) is 35.3 Å². The molecule has 1 aromatic heterocycles. The molecule has 0 aliphatic heterocycles. The topological polar surface area (TPSA) is 49.3 Å². The van der Waals surface area contributed by atoms with Gasteiger partial charge in [-0.2, -0.15) is 0 Å². The predicted molar refractivity (Wildman–Crippen MR) is 95.7 cm³/mol. The smallest absolute Gasteiger partial charge is 0.191 e. The van der Waals surface area contributed by atoms with Crippen LogP contribution in [0.4, 0.5) is 4.39 Å². The Labute approximate surface area is 144 Å². The lowest BCUT2D eigenvalue weighted by Gasteiger charge is -2.11. The number of hydrogen-bond acceptors (Lipinski definition) is 3. The molecule has 0 atom stereocenters. The zero-order chi connectivity index (χ0) is 14.4. The van der Waals surface area contributed by atoms with Crippen LogP contribution in [0.15, 0.2) is 34.8 Å². The van der Waals surface area contributed by atoms with Crippen LogP contribution in [0.1, 0.15) is 16.1 Å². The number of aliphatic imine (C=N–C) groups is 1. The van der Waals surface area contributed by atoms with E-state index in [1.54, 1.807) is 24.5 Å². The number of rotatable bonds is 4. The second-order valence-corrected chi connectivity index (χ2v) is 5.21. The molecule has 0 bridgehead atoms. The average Bonchev–Trinajstić information content (AvgIpc) is 2.85. The third-order valence-electron chi connectivity index (χ3n) is 2.83. The number of nitrogens with one attached hydrogen (secondary N) is 2. The molecule has 21 heavy (non-hydrogen) atoms. The first-order chi connectivity index (χ1) is 9.69. The largest absolute Gasteiger partial charge is 0.352 e. The number of guanidine groups is 1. The molecule has 7 heteroatoms. The summed E-state index contributed by atoms with van der Waals surface area (Å²) in [6, 6.07) is 6.51. The zero-order valence-corrected chi connectivity index (χ0v) is 15.0. The molecular weight excluding hydrogens is 402 g/mol. The second kappa shape index (κ2) is 8.93. The molecule has 2 rings (SSSR count). The van der Waals surface area contributed by atoms with Crippen molar-refractivity contribution in [1.82, 2.24) is 15.6 Å². The highest BCUT2D eigenvalue weighted by molar-refractivity contribution is 14.0. The molecule has 1 heterocycles. The van der Waals surface area contributed by atoms with Crippen LogP contribution in [0, 0.1) is 12.7 Å². The van der Waals surface area contributed by atoms with Gasteiger partial charge in [-0.25, -0.2) is 9.37 Å². The summed E-state index contributed by atoms with van der Waals surface area (Å²) in [4.78, 5) is 9.52. The number of aryl methyl sites for hydroxylation is 1. The second-order valence-electron chi connectivity index (χ2n) is 4.27. The molecule has 114 valence electrons. The van der Waals surface area contributed by atoms with Crippen LogP contribution in [0.25, 0.3) is 0 Å². The van der Waals surface area contributed by atoms with Crippen molar-refractivity contribution in [2.45, 2.75) is 20.0 Å². The van der Waals surface area contributed by atoms with Gasteiger partial charge in [0, 0.05) is 18.5 Å². The molecule has 0 amide bonds. The van der Waals surface area contributed by atoms with E-state index >= 15 is 0 Å². The van der Waals surface area contributed by atoms with Crippen LogP contribution in [0.5, 0.6) is 0 Å². The summed E-state index contributed by atoms with van der Waals surface area (Å²) in [5.41, 5.74) is 3.74. The van der Waals surface area contributed by atoms with Crippen molar-refractivity contribution in [2.24, 2.45) is 4.99 Å². The number of benzene rings is 1. The lowest BCUT2D eigenvalue weighted by molar-refractivity contribution is 0.624. The summed E-state index contributed by atoms with van der Waals surface area (Å²) >= 11 is 1.61. The molecule has 2 N–H and O–H groups in total. The Balaban J connectivity index is 0.00000220. The standard InChI is InChI=1S/C14H17FN4S.HI/c1-10-13(20-9-19-10)8-18-14(16-2)17-7-11-4-3-5-12(15)6-11;/h3-6,9H,7-8H2,1-2H3,(H2,16,17,18);1H. The van der Waals surface area contributed by atoms with Crippen LogP contribution in [0.3, 0.4) is 0 Å². The fourth-order valence-electron chi connectivity index (χ4n) is 1.71. The summed E-state index contributed by atoms with van der Waals surface area (Å²) in [5.74, 6) is 0.453. The minimum Gasteiger partial charge on any atom is -0.352 e. The molecule has 4 nitrogen and oxygen atoms in total. The van der Waals surface area contributed by atoms with Crippen molar-refractivity contribution in [2.75, 3.05) is 7.05 Å². The van der Waals surface area contributed by atoms with Crippen LogP contribution < -0.4 is 10.6 Å². The number of thiazole rings is 1. The Morgan fingerprint density at radius 2 is 2.10 bits per heavy atom. The van der Waals surface area contributed by atoms with E-state index in [1.807, 2.05) is 18.5 Å². The molecule has 0 saturated carbocycles. The number of aromatic nitrogens is 1. The van der Waals surface area contributed by atoms with E-state index in [4.69, 9.17) is 0 Å². The maximum Gasteiger partial charge on any atom is 0.191 e. The van der Waals surface area contributed by atoms with E-state index in [2.05, 4.69) is 20.6 Å². The van der Waals surface area contributed by atoms with Crippen LogP contribution in [0.2, 0.25) is 0 Å². The fourth-order valence-corrected chi connectivity index (χ4v) is 2.43. The Morgan fingerprint density at radius 3 is 2.71 bits per heavy atom. The van der Waals surface area contributed by atoms with Gasteiger partial charge in [0.15, 0.2) is 5.96 Å². The van der Waals surface area contributed by atoms with E-state index in [9.17, 15) is 4.39 Å². The number of hydrogen-bond donors (Lipinski definition) is 2. The molecule has 0 spiro atoms. The molecule has 0 unspecified atom stereocenters. The molecule has 2 aromatic rings. The minimum absolute atomic E-state index is 0. The van der Waals surface area contributed by atoms with Gasteiger partial charge >= 0.3 is 0 Å². The highest BCUT2D eigenvalue weighted by atomic mass is 127. The summed E-state index contributed by atoms with van der Waals surface area (Å²) in [6.45, 7) is 3.19. The van der Waals surface area contributed by atoms with Gasteiger partial charge in [0.2, 0.25) is 0 Å². The van der Waals surface area contributed by atoms with Crippen molar-refractivity contribution >= 4 is 41.3 Å². The van der Waals surface area contributed by atoms with E-state index in [0.29, 0.717) is 19.0 Å². The van der Waals surface area contributed by atoms with E-state index in [1.165, 1.54) is 17.0 Å². The highest BCUT2D eigenvalue weighted by Gasteiger charge is 2.03. The van der Waals surface area contributed by atoms with Gasteiger partial charge in [-0.05, 0) is 24.6 Å². The van der Waals surface area contributed by atoms with Crippen molar-refractivity contribution in [3.8, 4) is 0 Å². The molecule has 0 radical (unpaired) electrons. The summed E-state index contributed by atoms with van der Waals surface area (Å²) < 4.78 is 13.1. The fraction of sp³-hybridized carbons (Fsp3) is 0.286. The Kier molecular flexibility index (Phi) is 7.58. The first kappa shape index (κ1) is 17.8. The SMILES string of the molecule is CN=C(NCc1cccc(F)c1)NCc1scnc1C.I. The Bertz CT molecular complexity index is 600. The van der Waals surface area contributed by atoms with Gasteiger partial charge in [-0.1, -0.05) is 12.1 Å². The van der Waals surface area contributed by atoms with Gasteiger partial charge in [-0.3, -0.25) is 4.99 Å². The summed E-state index contributed by atoms with van der Waals surface area (Å²) in [6.07, 6.45) is 0. The van der Waals surface area contributed by atoms with E-state index < -0.39 is 0 Å². The molecule has 0 fully saturated rings. The molecule has 0 aliphatic rings. The van der Waals surface area contributed by atoms with Crippen molar-refractivity contribution in [3.63, 3.8) is 0 Å². The number of halogens is 2. The van der Waals surface area contributed by atoms with Gasteiger partial charge in [0.1, 0.15) is 5.82 Å². The Hall–Kier alpha value is -1.22. The maximum atomic E-state index is 13.1. The van der Waals surface area contributed by atoms with Crippen LogP contribution in [-0.4, -0.2) is 18.0 Å². The zero-order valence-electron chi connectivity index (χ0n) is 11.9. The minimum atomic E-state index is -0.229. The molecule has 1 aromatic carbocycles. The molecule has 0 aliphatic carbocycles. The normalized spacial score (nSPS) is 10.9. The quantitative estimate of drug-likeness (QED) is 0.454. The summed E-state index contributed by atoms with van der Waals surface area (Å²) in [7, 11) is 1.71. The van der Waals surface area contributed by atoms with E-state index in [0.717, 1.165) is 11.3 Å². The van der Waals surface area contributed by atoms with Gasteiger partial charge in [0.25, 0.3) is 0 Å². The van der Waals surface area contributed by atoms with Crippen LogP contribution in [-0.2, 0) is 13.1 Å². The van der Waals surface area contributed by atoms with Crippen molar-refractivity contribution in [3.05, 3.63) is 51.7 Å². The monoisotopic (exact) mass is 420 g/mol. The number of nitrogens with zero attached hydrogens (tertiary/aromatic N) is 2. The highest BCUT2D eigenvalue weighted by Crippen LogP contribution is 2.11. The van der Waals surface area contributed by atoms with E-state index in [-0.39, 0.29) is 29.8 Å². The van der Waals surface area contributed by atoms with Crippen molar-refractivity contribution in [1.29, 1.82) is 0 Å². The van der Waals surface area contributed by atoms with Gasteiger partial charge in [0.05, 0.1) is 17.7 Å². The molecular formula is C14H18FIN4S. The van der Waals surface area contributed by atoms with Gasteiger partial charge < -0.3 is 10.6 Å². The Morgan fingerprint density at radius 1 is 1.33 bits per heavy atom. The third kappa shape index (κ3) is 5.58. The first-order valence-corrected chi connectivity index (χ1v) is 7.15. The van der Waals surface area contributed by atoms with Crippen LogP contribution >= 0.6 is 35.3 Å². The van der Waals surface area contributed by atoms with Crippen molar-refractivity contribution < 1.29 is 4.39 Å². The lowest BCUT2D eigenvalue weighted by Crippen LogP contribution is -2.36. The first-order valence-electron chi connectivity index (χ1n) is 6.27. The maximum absolute atomic E-state index is 13.1.